The molecule has 0 aromatic rings. The van der Waals surface area contributed by atoms with Gasteiger partial charge in [0.15, 0.2) is 0 Å². The van der Waals surface area contributed by atoms with E-state index < -0.39 is 0 Å². The quantitative estimate of drug-likeness (QED) is 0.523. The Bertz CT molecular complexity index is 94.2. The van der Waals surface area contributed by atoms with Crippen molar-refractivity contribution in [3.05, 3.63) is 0 Å². The van der Waals surface area contributed by atoms with Crippen LogP contribution >= 0.6 is 0 Å². The van der Waals surface area contributed by atoms with Crippen LogP contribution in [0.4, 0.5) is 0 Å². The molecule has 2 unspecified atom stereocenters. The molecule has 0 heterocycles. The van der Waals surface area contributed by atoms with E-state index in [0.29, 0.717) is 0 Å². The van der Waals surface area contributed by atoms with Crippen molar-refractivity contribution in [2.45, 2.75) is 46.5 Å². The van der Waals surface area contributed by atoms with Gasteiger partial charge in [0.05, 0.1) is 0 Å². The van der Waals surface area contributed by atoms with E-state index in [1.807, 2.05) is 0 Å². The fourth-order valence-corrected chi connectivity index (χ4v) is 2.34. The van der Waals surface area contributed by atoms with Crippen molar-refractivity contribution >= 4 is 0 Å². The zero-order valence-electron chi connectivity index (χ0n) is 7.56. The summed E-state index contributed by atoms with van der Waals surface area (Å²) in [5.74, 6) is 2.93. The van der Waals surface area contributed by atoms with Gasteiger partial charge in [0.1, 0.15) is 0 Å². The summed E-state index contributed by atoms with van der Waals surface area (Å²) in [4.78, 5) is 0. The molecule has 2 atom stereocenters. The van der Waals surface area contributed by atoms with E-state index in [1.54, 1.807) is 0 Å². The Hall–Kier alpha value is 0. The first-order chi connectivity index (χ1) is 4.72. The van der Waals surface area contributed by atoms with Gasteiger partial charge >= 0.3 is 0 Å². The summed E-state index contributed by atoms with van der Waals surface area (Å²) >= 11 is 0. The summed E-state index contributed by atoms with van der Waals surface area (Å²) < 4.78 is 0. The second kappa shape index (κ2) is 3.41. The first kappa shape index (κ1) is 8.10. The smallest absolute Gasteiger partial charge is 0.0365 e. The maximum atomic E-state index is 2.42. The fraction of sp³-hybridized carbons (Fsp3) is 1.00. The average Bonchev–Trinajstić information content (AvgIpc) is 1.88. The maximum Gasteiger partial charge on any atom is -0.0365 e. The maximum absolute atomic E-state index is 2.42. The average molecular weight is 140 g/mol. The lowest BCUT2D eigenvalue weighted by Gasteiger charge is -2.31. The van der Waals surface area contributed by atoms with Gasteiger partial charge < -0.3 is 0 Å². The molecular formula is C10H20. The number of hydrogen-bond donors (Lipinski definition) is 0. The molecule has 10 heavy (non-hydrogen) atoms. The largest absolute Gasteiger partial charge is 0.0625 e. The van der Waals surface area contributed by atoms with E-state index in [1.165, 1.54) is 25.7 Å². The molecule has 1 saturated carbocycles. The first-order valence-electron chi connectivity index (χ1n) is 4.72. The molecule has 1 aliphatic rings. The predicted octanol–water partition coefficient (Wildman–Crippen LogP) is 3.47. The zero-order chi connectivity index (χ0) is 7.56. The standard InChI is InChI=1S/C10H20/c1-8(2)10-7-5-4-6-9(10)3/h8-10H,4-7H2,1-3H3. The Morgan fingerprint density at radius 1 is 1.10 bits per heavy atom. The molecule has 60 valence electrons. The Labute approximate surface area is 65.0 Å². The molecule has 0 bridgehead atoms. The summed E-state index contributed by atoms with van der Waals surface area (Å²) in [5, 5.41) is 0. The van der Waals surface area contributed by atoms with Gasteiger partial charge in [-0.15, -0.1) is 0 Å². The van der Waals surface area contributed by atoms with E-state index in [4.69, 9.17) is 0 Å². The molecule has 0 saturated heterocycles. The third-order valence-electron chi connectivity index (χ3n) is 3.03. The molecule has 0 N–H and O–H groups in total. The molecule has 0 aromatic heterocycles. The highest BCUT2D eigenvalue weighted by atomic mass is 14.3. The van der Waals surface area contributed by atoms with Crippen LogP contribution in [0.2, 0.25) is 0 Å². The number of hydrogen-bond acceptors (Lipinski definition) is 0. The molecule has 1 rings (SSSR count). The van der Waals surface area contributed by atoms with Gasteiger partial charge in [0, 0.05) is 0 Å². The molecule has 0 aliphatic heterocycles. The molecule has 0 amide bonds. The fourth-order valence-electron chi connectivity index (χ4n) is 2.34. The van der Waals surface area contributed by atoms with Crippen LogP contribution in [0.15, 0.2) is 0 Å². The van der Waals surface area contributed by atoms with E-state index >= 15 is 0 Å². The van der Waals surface area contributed by atoms with Gasteiger partial charge in [0.2, 0.25) is 0 Å². The van der Waals surface area contributed by atoms with Gasteiger partial charge in [-0.05, 0) is 24.2 Å². The predicted molar refractivity (Wildman–Crippen MR) is 46.0 cm³/mol. The summed E-state index contributed by atoms with van der Waals surface area (Å²) in [5.41, 5.74) is 0. The normalized spacial score (nSPS) is 34.8. The van der Waals surface area contributed by atoms with Crippen LogP contribution in [0.5, 0.6) is 0 Å². The Balaban J connectivity index is 2.40. The highest BCUT2D eigenvalue weighted by Gasteiger charge is 2.23. The van der Waals surface area contributed by atoms with Gasteiger partial charge in [-0.1, -0.05) is 40.0 Å². The van der Waals surface area contributed by atoms with E-state index in [2.05, 4.69) is 20.8 Å². The van der Waals surface area contributed by atoms with Crippen molar-refractivity contribution in [2.24, 2.45) is 17.8 Å². The van der Waals surface area contributed by atoms with Crippen LogP contribution in [0.3, 0.4) is 0 Å². The molecule has 0 radical (unpaired) electrons. The van der Waals surface area contributed by atoms with E-state index in [-0.39, 0.29) is 0 Å². The van der Waals surface area contributed by atoms with Crippen LogP contribution in [-0.2, 0) is 0 Å². The van der Waals surface area contributed by atoms with Crippen LogP contribution in [-0.4, -0.2) is 0 Å². The monoisotopic (exact) mass is 140 g/mol. The molecule has 0 nitrogen and oxygen atoms in total. The summed E-state index contributed by atoms with van der Waals surface area (Å²) in [6, 6.07) is 0. The van der Waals surface area contributed by atoms with Crippen molar-refractivity contribution in [1.29, 1.82) is 0 Å². The van der Waals surface area contributed by atoms with Crippen LogP contribution in [0.1, 0.15) is 46.5 Å². The molecule has 0 heteroatoms. The number of rotatable bonds is 1. The Morgan fingerprint density at radius 3 is 2.10 bits per heavy atom. The summed E-state index contributed by atoms with van der Waals surface area (Å²) in [6.45, 7) is 7.16. The third kappa shape index (κ3) is 1.74. The SMILES string of the molecule is CC(C)C1CCCCC1C. The molecule has 1 aliphatic carbocycles. The van der Waals surface area contributed by atoms with Gasteiger partial charge in [-0.2, -0.15) is 0 Å². The highest BCUT2D eigenvalue weighted by molar-refractivity contribution is 4.74. The highest BCUT2D eigenvalue weighted by Crippen LogP contribution is 2.34. The van der Waals surface area contributed by atoms with Crippen LogP contribution in [0, 0.1) is 17.8 Å². The minimum atomic E-state index is 0.912. The Morgan fingerprint density at radius 2 is 1.70 bits per heavy atom. The lowest BCUT2D eigenvalue weighted by molar-refractivity contribution is 0.196. The first-order valence-corrected chi connectivity index (χ1v) is 4.72. The van der Waals surface area contributed by atoms with Gasteiger partial charge in [-0.3, -0.25) is 0 Å². The van der Waals surface area contributed by atoms with Crippen LogP contribution < -0.4 is 0 Å². The molecule has 1 fully saturated rings. The third-order valence-corrected chi connectivity index (χ3v) is 3.03. The lowest BCUT2D eigenvalue weighted by atomic mass is 9.75. The van der Waals surface area contributed by atoms with Crippen LogP contribution in [0.25, 0.3) is 0 Å². The van der Waals surface area contributed by atoms with Gasteiger partial charge in [0.25, 0.3) is 0 Å². The second-order valence-electron chi connectivity index (χ2n) is 4.17. The van der Waals surface area contributed by atoms with Gasteiger partial charge in [-0.25, -0.2) is 0 Å². The molecular weight excluding hydrogens is 120 g/mol. The summed E-state index contributed by atoms with van der Waals surface area (Å²) in [6.07, 6.45) is 5.92. The van der Waals surface area contributed by atoms with E-state index in [0.717, 1.165) is 17.8 Å². The van der Waals surface area contributed by atoms with Crippen molar-refractivity contribution in [3.8, 4) is 0 Å². The molecule has 0 spiro atoms. The summed E-state index contributed by atoms with van der Waals surface area (Å²) in [7, 11) is 0. The van der Waals surface area contributed by atoms with Crippen molar-refractivity contribution in [3.63, 3.8) is 0 Å². The van der Waals surface area contributed by atoms with Crippen molar-refractivity contribution in [2.75, 3.05) is 0 Å². The van der Waals surface area contributed by atoms with Crippen molar-refractivity contribution in [1.82, 2.24) is 0 Å². The van der Waals surface area contributed by atoms with Crippen molar-refractivity contribution < 1.29 is 0 Å². The second-order valence-corrected chi connectivity index (χ2v) is 4.17. The minimum Gasteiger partial charge on any atom is -0.0625 e. The topological polar surface area (TPSA) is 0 Å². The Kier molecular flexibility index (Phi) is 2.76. The van der Waals surface area contributed by atoms with E-state index in [9.17, 15) is 0 Å². The molecule has 0 aromatic carbocycles. The lowest BCUT2D eigenvalue weighted by Crippen LogP contribution is -2.21. The zero-order valence-corrected chi connectivity index (χ0v) is 7.56. The minimum absolute atomic E-state index is 0.912.